The molecule has 1 N–H and O–H groups in total. The van der Waals surface area contributed by atoms with Gasteiger partial charge < -0.3 is 15.0 Å². The molecule has 1 fully saturated rings. The van der Waals surface area contributed by atoms with Crippen molar-refractivity contribution in [1.29, 1.82) is 0 Å². The van der Waals surface area contributed by atoms with Crippen LogP contribution in [-0.2, 0) is 4.79 Å². The first-order valence-electron chi connectivity index (χ1n) is 9.67. The molecule has 1 aromatic carbocycles. The molecular weight excluding hydrogens is 366 g/mol. The van der Waals surface area contributed by atoms with Crippen LogP contribution in [0, 0.1) is 5.92 Å². The lowest BCUT2D eigenvalue weighted by atomic mass is 9.97. The Morgan fingerprint density at radius 2 is 2.10 bits per heavy atom. The predicted molar refractivity (Wildman–Crippen MR) is 112 cm³/mol. The smallest absolute Gasteiger partial charge is 0.229 e. The van der Waals surface area contributed by atoms with Crippen LogP contribution in [-0.4, -0.2) is 41.3 Å². The summed E-state index contributed by atoms with van der Waals surface area (Å²) in [5.41, 5.74) is 2.46. The number of piperidine rings is 1. The number of methoxy groups -OCH3 is 1. The summed E-state index contributed by atoms with van der Waals surface area (Å²) in [5.74, 6) is 1.42. The van der Waals surface area contributed by atoms with Gasteiger partial charge in [0.1, 0.15) is 5.75 Å². The average molecular weight is 389 g/mol. The minimum Gasteiger partial charge on any atom is -0.497 e. The van der Waals surface area contributed by atoms with Crippen LogP contribution in [0.3, 0.4) is 0 Å². The molecule has 4 rings (SSSR count). The highest BCUT2D eigenvalue weighted by molar-refractivity contribution is 5.93. The zero-order chi connectivity index (χ0) is 20.1. The Morgan fingerprint density at radius 1 is 1.17 bits per heavy atom. The number of rotatable bonds is 5. The third-order valence-electron chi connectivity index (χ3n) is 5.06. The molecule has 7 nitrogen and oxygen atoms in total. The molecule has 1 amide bonds. The SMILES string of the molecule is COc1cccc(NC(=O)C2CCCN(c3ccc(-c4cccnc4)nn3)C2)c1. The van der Waals surface area contributed by atoms with Gasteiger partial charge in [0.25, 0.3) is 0 Å². The van der Waals surface area contributed by atoms with Crippen LogP contribution in [0.4, 0.5) is 11.5 Å². The normalized spacial score (nSPS) is 16.3. The standard InChI is InChI=1S/C22H23N5O2/c1-29-19-8-2-7-18(13-19)24-22(28)17-6-4-12-27(15-17)21-10-9-20(25-26-21)16-5-3-11-23-14-16/h2-3,5,7-11,13-14,17H,4,6,12,15H2,1H3,(H,24,28). The Bertz CT molecular complexity index is 962. The number of carbonyl (C=O) groups excluding carboxylic acids is 1. The second-order valence-corrected chi connectivity index (χ2v) is 7.02. The molecule has 0 bridgehead atoms. The van der Waals surface area contributed by atoms with Crippen molar-refractivity contribution in [3.05, 3.63) is 60.9 Å². The predicted octanol–water partition coefficient (Wildman–Crippen LogP) is 3.40. The van der Waals surface area contributed by atoms with Gasteiger partial charge in [-0.25, -0.2) is 0 Å². The van der Waals surface area contributed by atoms with Gasteiger partial charge in [-0.3, -0.25) is 9.78 Å². The molecule has 3 aromatic rings. The topological polar surface area (TPSA) is 80.2 Å². The van der Waals surface area contributed by atoms with Crippen molar-refractivity contribution in [3.8, 4) is 17.0 Å². The van der Waals surface area contributed by atoms with E-state index in [4.69, 9.17) is 4.74 Å². The van der Waals surface area contributed by atoms with Gasteiger partial charge in [-0.05, 0) is 49.2 Å². The number of pyridine rings is 1. The summed E-state index contributed by atoms with van der Waals surface area (Å²) in [7, 11) is 1.61. The van der Waals surface area contributed by atoms with Crippen LogP contribution < -0.4 is 15.0 Å². The van der Waals surface area contributed by atoms with E-state index in [2.05, 4.69) is 25.4 Å². The highest BCUT2D eigenvalue weighted by Crippen LogP contribution is 2.25. The number of nitrogens with zero attached hydrogens (tertiary/aromatic N) is 4. The lowest BCUT2D eigenvalue weighted by Gasteiger charge is -2.32. The maximum absolute atomic E-state index is 12.8. The van der Waals surface area contributed by atoms with Gasteiger partial charge in [-0.15, -0.1) is 10.2 Å². The van der Waals surface area contributed by atoms with Gasteiger partial charge in [0.2, 0.25) is 5.91 Å². The first-order valence-corrected chi connectivity index (χ1v) is 9.67. The molecule has 2 aromatic heterocycles. The van der Waals surface area contributed by atoms with Gasteiger partial charge in [-0.2, -0.15) is 0 Å². The van der Waals surface area contributed by atoms with E-state index in [1.807, 2.05) is 48.5 Å². The molecule has 1 unspecified atom stereocenters. The average Bonchev–Trinajstić information content (AvgIpc) is 2.80. The highest BCUT2D eigenvalue weighted by Gasteiger charge is 2.27. The molecule has 0 saturated carbocycles. The molecule has 29 heavy (non-hydrogen) atoms. The first-order chi connectivity index (χ1) is 14.2. The fourth-order valence-corrected chi connectivity index (χ4v) is 3.51. The number of hydrogen-bond acceptors (Lipinski definition) is 6. The summed E-state index contributed by atoms with van der Waals surface area (Å²) in [6.45, 7) is 1.49. The van der Waals surface area contributed by atoms with E-state index in [9.17, 15) is 4.79 Å². The molecule has 148 valence electrons. The number of amides is 1. The Kier molecular flexibility index (Phi) is 5.65. The number of ether oxygens (including phenoxy) is 1. The summed E-state index contributed by atoms with van der Waals surface area (Å²) in [6, 6.07) is 15.1. The molecule has 7 heteroatoms. The van der Waals surface area contributed by atoms with Crippen molar-refractivity contribution in [2.45, 2.75) is 12.8 Å². The van der Waals surface area contributed by atoms with E-state index in [0.29, 0.717) is 6.54 Å². The van der Waals surface area contributed by atoms with Crippen molar-refractivity contribution in [1.82, 2.24) is 15.2 Å². The van der Waals surface area contributed by atoms with E-state index in [0.717, 1.165) is 47.9 Å². The van der Waals surface area contributed by atoms with Crippen molar-refractivity contribution < 1.29 is 9.53 Å². The van der Waals surface area contributed by atoms with E-state index in [1.54, 1.807) is 19.5 Å². The molecule has 1 aliphatic rings. The number of benzene rings is 1. The van der Waals surface area contributed by atoms with Gasteiger partial charge in [0.15, 0.2) is 5.82 Å². The van der Waals surface area contributed by atoms with Crippen molar-refractivity contribution in [3.63, 3.8) is 0 Å². The Balaban J connectivity index is 1.42. The highest BCUT2D eigenvalue weighted by atomic mass is 16.5. The summed E-state index contributed by atoms with van der Waals surface area (Å²) >= 11 is 0. The van der Waals surface area contributed by atoms with Crippen LogP contribution in [0.5, 0.6) is 5.75 Å². The van der Waals surface area contributed by atoms with Crippen LogP contribution >= 0.6 is 0 Å². The zero-order valence-corrected chi connectivity index (χ0v) is 16.3. The number of carbonyl (C=O) groups is 1. The first kappa shape index (κ1) is 18.9. The third-order valence-corrected chi connectivity index (χ3v) is 5.06. The lowest BCUT2D eigenvalue weighted by molar-refractivity contribution is -0.120. The minimum atomic E-state index is -0.102. The van der Waals surface area contributed by atoms with Gasteiger partial charge in [0, 0.05) is 42.8 Å². The fourth-order valence-electron chi connectivity index (χ4n) is 3.51. The summed E-state index contributed by atoms with van der Waals surface area (Å²) in [5, 5.41) is 11.7. The van der Waals surface area contributed by atoms with Crippen molar-refractivity contribution >= 4 is 17.4 Å². The van der Waals surface area contributed by atoms with E-state index in [1.165, 1.54) is 0 Å². The van der Waals surface area contributed by atoms with E-state index < -0.39 is 0 Å². The number of hydrogen-bond donors (Lipinski definition) is 1. The maximum Gasteiger partial charge on any atom is 0.229 e. The second kappa shape index (κ2) is 8.68. The van der Waals surface area contributed by atoms with Crippen LogP contribution in [0.25, 0.3) is 11.3 Å². The monoisotopic (exact) mass is 389 g/mol. The maximum atomic E-state index is 12.8. The largest absolute Gasteiger partial charge is 0.497 e. The molecule has 0 aliphatic carbocycles. The van der Waals surface area contributed by atoms with E-state index in [-0.39, 0.29) is 11.8 Å². The molecule has 3 heterocycles. The van der Waals surface area contributed by atoms with Gasteiger partial charge in [-0.1, -0.05) is 6.07 Å². The minimum absolute atomic E-state index is 0.0166. The number of nitrogens with one attached hydrogen (secondary N) is 1. The summed E-state index contributed by atoms with van der Waals surface area (Å²) in [6.07, 6.45) is 5.29. The van der Waals surface area contributed by atoms with Crippen molar-refractivity contribution in [2.24, 2.45) is 5.92 Å². The van der Waals surface area contributed by atoms with Crippen molar-refractivity contribution in [2.75, 3.05) is 30.4 Å². The Hall–Kier alpha value is -3.48. The van der Waals surface area contributed by atoms with Crippen LogP contribution in [0.2, 0.25) is 0 Å². The van der Waals surface area contributed by atoms with Crippen LogP contribution in [0.1, 0.15) is 12.8 Å². The Labute approximate surface area is 169 Å². The molecule has 0 radical (unpaired) electrons. The number of anilines is 2. The Morgan fingerprint density at radius 3 is 2.86 bits per heavy atom. The number of aromatic nitrogens is 3. The molecule has 1 aliphatic heterocycles. The lowest BCUT2D eigenvalue weighted by Crippen LogP contribution is -2.41. The molecular formula is C22H23N5O2. The quantitative estimate of drug-likeness (QED) is 0.720. The molecule has 1 atom stereocenters. The summed E-state index contributed by atoms with van der Waals surface area (Å²) < 4.78 is 5.22. The van der Waals surface area contributed by atoms with Gasteiger partial charge >= 0.3 is 0 Å². The van der Waals surface area contributed by atoms with Crippen LogP contribution in [0.15, 0.2) is 60.9 Å². The molecule has 0 spiro atoms. The third kappa shape index (κ3) is 4.51. The fraction of sp³-hybridized carbons (Fsp3) is 0.273. The molecule has 1 saturated heterocycles. The summed E-state index contributed by atoms with van der Waals surface area (Å²) in [4.78, 5) is 19.0. The van der Waals surface area contributed by atoms with E-state index >= 15 is 0 Å². The second-order valence-electron chi connectivity index (χ2n) is 7.02. The zero-order valence-electron chi connectivity index (χ0n) is 16.3. The van der Waals surface area contributed by atoms with Gasteiger partial charge in [0.05, 0.1) is 18.7 Å².